The van der Waals surface area contributed by atoms with E-state index in [1.807, 2.05) is 24.4 Å². The number of para-hydroxylation sites is 1. The van der Waals surface area contributed by atoms with Crippen LogP contribution in [0.5, 0.6) is 0 Å². The van der Waals surface area contributed by atoms with Crippen LogP contribution in [0.15, 0.2) is 46.0 Å². The lowest BCUT2D eigenvalue weighted by Crippen LogP contribution is -2.09. The third kappa shape index (κ3) is 2.91. The number of thiophene rings is 1. The molecule has 18 heavy (non-hydrogen) atoms. The molecule has 1 N–H and O–H groups in total. The minimum absolute atomic E-state index is 0.0825. The third-order valence-corrected chi connectivity index (χ3v) is 4.56. The number of nitrogens with one attached hydrogen (secondary N) is 1. The number of anilines is 1. The maximum atomic E-state index is 11.7. The Kier molecular flexibility index (Phi) is 3.73. The lowest BCUT2D eigenvalue weighted by Gasteiger charge is -2.16. The Hall–Kier alpha value is -1.33. The molecule has 5 heteroatoms. The van der Waals surface area contributed by atoms with Gasteiger partial charge in [-0.3, -0.25) is 0 Å². The molecular formula is C13H15NO2S2. The first kappa shape index (κ1) is 13.1. The van der Waals surface area contributed by atoms with E-state index in [0.717, 1.165) is 5.56 Å². The van der Waals surface area contributed by atoms with Crippen LogP contribution in [0.2, 0.25) is 0 Å². The Bertz CT molecular complexity index is 618. The molecule has 0 aliphatic rings. The molecule has 0 fully saturated rings. The van der Waals surface area contributed by atoms with Gasteiger partial charge in [0.1, 0.15) is 0 Å². The first-order valence-corrected chi connectivity index (χ1v) is 8.39. The van der Waals surface area contributed by atoms with Crippen molar-refractivity contribution >= 4 is 26.9 Å². The van der Waals surface area contributed by atoms with Gasteiger partial charge in [0, 0.05) is 12.3 Å². The van der Waals surface area contributed by atoms with Crippen molar-refractivity contribution in [3.63, 3.8) is 0 Å². The summed E-state index contributed by atoms with van der Waals surface area (Å²) in [6.45, 7) is 2.01. The minimum Gasteiger partial charge on any atom is -0.377 e. The molecule has 0 saturated heterocycles. The van der Waals surface area contributed by atoms with Crippen LogP contribution in [0.25, 0.3) is 0 Å². The summed E-state index contributed by atoms with van der Waals surface area (Å²) in [4.78, 5) is 0.340. The molecule has 3 nitrogen and oxygen atoms in total. The maximum absolute atomic E-state index is 11.7. The summed E-state index contributed by atoms with van der Waals surface area (Å²) in [5.41, 5.74) is 1.81. The summed E-state index contributed by atoms with van der Waals surface area (Å²) in [6, 6.07) is 9.09. The Balaban J connectivity index is 2.30. The molecule has 1 aromatic carbocycles. The molecule has 2 aromatic rings. The van der Waals surface area contributed by atoms with Gasteiger partial charge in [-0.2, -0.15) is 11.3 Å². The highest BCUT2D eigenvalue weighted by Crippen LogP contribution is 2.26. The van der Waals surface area contributed by atoms with E-state index >= 15 is 0 Å². The van der Waals surface area contributed by atoms with E-state index in [2.05, 4.69) is 10.7 Å². The summed E-state index contributed by atoms with van der Waals surface area (Å²) in [5.74, 6) is 0. The molecule has 0 radical (unpaired) electrons. The first-order valence-electron chi connectivity index (χ1n) is 5.56. The molecule has 1 atom stereocenters. The zero-order valence-corrected chi connectivity index (χ0v) is 11.9. The Morgan fingerprint density at radius 3 is 2.56 bits per heavy atom. The molecule has 1 unspecified atom stereocenters. The highest BCUT2D eigenvalue weighted by molar-refractivity contribution is 7.90. The Labute approximate surface area is 111 Å². The fourth-order valence-corrected chi connectivity index (χ4v) is 3.35. The predicted molar refractivity (Wildman–Crippen MR) is 75.9 cm³/mol. The highest BCUT2D eigenvalue weighted by Gasteiger charge is 2.14. The number of hydrogen-bond donors (Lipinski definition) is 1. The zero-order chi connectivity index (χ0) is 13.2. The second-order valence-corrected chi connectivity index (χ2v) is 6.96. The minimum atomic E-state index is -3.21. The van der Waals surface area contributed by atoms with Crippen molar-refractivity contribution in [1.29, 1.82) is 0 Å². The maximum Gasteiger partial charge on any atom is 0.177 e. The average Bonchev–Trinajstić information content (AvgIpc) is 2.81. The fraction of sp³-hybridized carbons (Fsp3) is 0.231. The van der Waals surface area contributed by atoms with E-state index in [4.69, 9.17) is 0 Å². The molecular weight excluding hydrogens is 266 g/mol. The van der Waals surface area contributed by atoms with Crippen molar-refractivity contribution in [1.82, 2.24) is 0 Å². The van der Waals surface area contributed by atoms with Crippen LogP contribution >= 0.6 is 11.3 Å². The zero-order valence-electron chi connectivity index (χ0n) is 10.3. The second-order valence-electron chi connectivity index (χ2n) is 4.19. The SMILES string of the molecule is CC(Nc1ccccc1S(C)(=O)=O)c1ccsc1. The van der Waals surface area contributed by atoms with Crippen LogP contribution in [-0.2, 0) is 9.84 Å². The highest BCUT2D eigenvalue weighted by atomic mass is 32.2. The van der Waals surface area contributed by atoms with Crippen molar-refractivity contribution in [2.75, 3.05) is 11.6 Å². The standard InChI is InChI=1S/C13H15NO2S2/c1-10(11-7-8-17-9-11)14-12-5-3-4-6-13(12)18(2,15)16/h3-10,14H,1-2H3. The quantitative estimate of drug-likeness (QED) is 0.935. The van der Waals surface area contributed by atoms with Gasteiger partial charge < -0.3 is 5.32 Å². The van der Waals surface area contributed by atoms with Crippen molar-refractivity contribution in [3.05, 3.63) is 46.7 Å². The van der Waals surface area contributed by atoms with Crippen LogP contribution in [0.3, 0.4) is 0 Å². The Morgan fingerprint density at radius 2 is 1.94 bits per heavy atom. The lowest BCUT2D eigenvalue weighted by molar-refractivity contribution is 0.602. The summed E-state index contributed by atoms with van der Waals surface area (Å²) < 4.78 is 23.4. The van der Waals surface area contributed by atoms with Gasteiger partial charge in [0.25, 0.3) is 0 Å². The van der Waals surface area contributed by atoms with E-state index in [9.17, 15) is 8.42 Å². The summed E-state index contributed by atoms with van der Waals surface area (Å²) in [6.07, 6.45) is 1.22. The number of benzene rings is 1. The van der Waals surface area contributed by atoms with Gasteiger partial charge in [0.15, 0.2) is 9.84 Å². The molecule has 2 rings (SSSR count). The average molecular weight is 281 g/mol. The fourth-order valence-electron chi connectivity index (χ4n) is 1.75. The molecule has 96 valence electrons. The first-order chi connectivity index (χ1) is 8.48. The lowest BCUT2D eigenvalue weighted by atomic mass is 10.1. The molecule has 0 aliphatic heterocycles. The molecule has 0 saturated carbocycles. The van der Waals surface area contributed by atoms with E-state index in [-0.39, 0.29) is 6.04 Å². The van der Waals surface area contributed by atoms with E-state index < -0.39 is 9.84 Å². The number of sulfone groups is 1. The topological polar surface area (TPSA) is 46.2 Å². The number of rotatable bonds is 4. The van der Waals surface area contributed by atoms with Crippen LogP contribution < -0.4 is 5.32 Å². The van der Waals surface area contributed by atoms with Gasteiger partial charge in [-0.15, -0.1) is 0 Å². The van der Waals surface area contributed by atoms with Crippen LogP contribution in [0.1, 0.15) is 18.5 Å². The van der Waals surface area contributed by atoms with Crippen molar-refractivity contribution in [2.24, 2.45) is 0 Å². The molecule has 0 amide bonds. The smallest absolute Gasteiger partial charge is 0.177 e. The summed E-state index contributed by atoms with van der Waals surface area (Å²) in [7, 11) is -3.21. The van der Waals surface area contributed by atoms with Gasteiger partial charge >= 0.3 is 0 Å². The van der Waals surface area contributed by atoms with Gasteiger partial charge in [-0.1, -0.05) is 12.1 Å². The van der Waals surface area contributed by atoms with E-state index in [1.54, 1.807) is 29.5 Å². The second kappa shape index (κ2) is 5.12. The van der Waals surface area contributed by atoms with Crippen molar-refractivity contribution < 1.29 is 8.42 Å². The normalized spacial score (nSPS) is 13.2. The van der Waals surface area contributed by atoms with Gasteiger partial charge in [0.2, 0.25) is 0 Å². The molecule has 1 aromatic heterocycles. The van der Waals surface area contributed by atoms with E-state index in [0.29, 0.717) is 10.6 Å². The molecule has 0 bridgehead atoms. The summed E-state index contributed by atoms with van der Waals surface area (Å²) in [5, 5.41) is 7.31. The van der Waals surface area contributed by atoms with Gasteiger partial charge in [0.05, 0.1) is 10.6 Å². The van der Waals surface area contributed by atoms with Gasteiger partial charge in [-0.25, -0.2) is 8.42 Å². The van der Waals surface area contributed by atoms with Gasteiger partial charge in [-0.05, 0) is 41.4 Å². The molecule has 1 heterocycles. The third-order valence-electron chi connectivity index (χ3n) is 2.70. The summed E-state index contributed by atoms with van der Waals surface area (Å²) >= 11 is 1.63. The molecule has 0 aliphatic carbocycles. The largest absolute Gasteiger partial charge is 0.377 e. The monoisotopic (exact) mass is 281 g/mol. The van der Waals surface area contributed by atoms with Crippen LogP contribution in [0.4, 0.5) is 5.69 Å². The van der Waals surface area contributed by atoms with E-state index in [1.165, 1.54) is 6.26 Å². The van der Waals surface area contributed by atoms with Crippen molar-refractivity contribution in [2.45, 2.75) is 17.9 Å². The molecule has 0 spiro atoms. The Morgan fingerprint density at radius 1 is 1.22 bits per heavy atom. The number of hydrogen-bond acceptors (Lipinski definition) is 4. The van der Waals surface area contributed by atoms with Crippen LogP contribution in [0, 0.1) is 0 Å². The van der Waals surface area contributed by atoms with Crippen LogP contribution in [-0.4, -0.2) is 14.7 Å². The predicted octanol–water partition coefficient (Wildman–Crippen LogP) is 3.32. The van der Waals surface area contributed by atoms with Crippen molar-refractivity contribution in [3.8, 4) is 0 Å².